The van der Waals surface area contributed by atoms with Gasteiger partial charge in [-0.15, -0.1) is 0 Å². The van der Waals surface area contributed by atoms with Gasteiger partial charge in [0.25, 0.3) is 5.92 Å². The number of alkyl halides is 2. The van der Waals surface area contributed by atoms with Crippen LogP contribution in [0.3, 0.4) is 0 Å². The first-order valence-electron chi connectivity index (χ1n) is 12.8. The zero-order valence-corrected chi connectivity index (χ0v) is 20.2. The second-order valence-electron chi connectivity index (χ2n) is 11.1. The van der Waals surface area contributed by atoms with Crippen molar-refractivity contribution < 1.29 is 22.8 Å². The van der Waals surface area contributed by atoms with Gasteiger partial charge in [0.1, 0.15) is 17.4 Å². The van der Waals surface area contributed by atoms with Gasteiger partial charge in [0.15, 0.2) is 0 Å². The van der Waals surface area contributed by atoms with E-state index >= 15 is 0 Å². The quantitative estimate of drug-likeness (QED) is 0.570. The van der Waals surface area contributed by atoms with Crippen LogP contribution in [0.2, 0.25) is 0 Å². The highest BCUT2D eigenvalue weighted by Gasteiger charge is 2.50. The molecule has 2 saturated heterocycles. The summed E-state index contributed by atoms with van der Waals surface area (Å²) in [6.07, 6.45) is 3.52. The Hall–Kier alpha value is -2.80. The summed E-state index contributed by atoms with van der Waals surface area (Å²) in [4.78, 5) is 29.9. The van der Waals surface area contributed by atoms with E-state index in [4.69, 9.17) is 0 Å². The van der Waals surface area contributed by atoms with Gasteiger partial charge in [-0.05, 0) is 63.2 Å². The van der Waals surface area contributed by atoms with E-state index in [2.05, 4.69) is 15.5 Å². The Morgan fingerprint density at radius 2 is 1.81 bits per heavy atom. The molecule has 2 heterocycles. The van der Waals surface area contributed by atoms with Gasteiger partial charge in [-0.2, -0.15) is 5.26 Å². The number of urea groups is 1. The van der Waals surface area contributed by atoms with Crippen LogP contribution in [-0.4, -0.2) is 71.5 Å². The molecule has 2 saturated carbocycles. The first-order valence-corrected chi connectivity index (χ1v) is 12.8. The molecule has 1 aromatic rings. The summed E-state index contributed by atoms with van der Waals surface area (Å²) in [5.41, 5.74) is -1.16. The Morgan fingerprint density at radius 1 is 1.14 bits per heavy atom. The Bertz CT molecular complexity index is 1050. The summed E-state index contributed by atoms with van der Waals surface area (Å²) in [5.74, 6) is -5.02. The van der Waals surface area contributed by atoms with Gasteiger partial charge in [-0.3, -0.25) is 4.79 Å². The second-order valence-corrected chi connectivity index (χ2v) is 11.1. The number of nitrogens with one attached hydrogen (secondary N) is 2. The maximum absolute atomic E-state index is 15.0. The maximum Gasteiger partial charge on any atom is 0.318 e. The third kappa shape index (κ3) is 5.46. The van der Waals surface area contributed by atoms with Crippen LogP contribution in [0.25, 0.3) is 0 Å². The molecule has 2 N–H and O–H groups in total. The fourth-order valence-corrected chi connectivity index (χ4v) is 5.48. The molecule has 2 aliphatic carbocycles. The van der Waals surface area contributed by atoms with E-state index in [1.165, 1.54) is 31.0 Å². The lowest BCUT2D eigenvalue weighted by Gasteiger charge is -2.54. The molecule has 4 fully saturated rings. The van der Waals surface area contributed by atoms with Gasteiger partial charge in [-0.1, -0.05) is 18.2 Å². The predicted molar refractivity (Wildman–Crippen MR) is 126 cm³/mol. The SMILES string of the molecule is N#CC1(NC(=O)C(CC(F)(F)Cc2ccccc2F)NC(=O)N2CC3(CCN(C4CC4)CC3)C2)CC1. The monoisotopic (exact) mass is 503 g/mol. The average Bonchev–Trinajstić information content (AvgIpc) is 3.74. The molecule has 4 aliphatic rings. The lowest BCUT2D eigenvalue weighted by atomic mass is 9.72. The number of nitriles is 1. The minimum absolute atomic E-state index is 0.0636. The van der Waals surface area contributed by atoms with Gasteiger partial charge in [0, 0.05) is 37.4 Å². The molecule has 0 aromatic heterocycles. The summed E-state index contributed by atoms with van der Waals surface area (Å²) in [6.45, 7) is 3.12. The number of nitrogens with zero attached hydrogens (tertiary/aromatic N) is 3. The van der Waals surface area contributed by atoms with Crippen LogP contribution in [0.5, 0.6) is 0 Å². The number of piperidine rings is 1. The smallest absolute Gasteiger partial charge is 0.318 e. The first kappa shape index (κ1) is 24.9. The molecule has 5 rings (SSSR count). The van der Waals surface area contributed by atoms with Gasteiger partial charge in [0.2, 0.25) is 5.91 Å². The number of benzene rings is 1. The van der Waals surface area contributed by atoms with Gasteiger partial charge >= 0.3 is 6.03 Å². The zero-order chi connectivity index (χ0) is 25.6. The number of likely N-dealkylation sites (tertiary alicyclic amines) is 2. The van der Waals surface area contributed by atoms with Crippen molar-refractivity contribution in [1.29, 1.82) is 5.26 Å². The van der Waals surface area contributed by atoms with E-state index in [0.29, 0.717) is 25.9 Å². The summed E-state index contributed by atoms with van der Waals surface area (Å²) < 4.78 is 44.0. The molecule has 1 unspecified atom stereocenters. The summed E-state index contributed by atoms with van der Waals surface area (Å²) in [6, 6.07) is 5.89. The fraction of sp³-hybridized carbons (Fsp3) is 0.654. The van der Waals surface area contributed by atoms with E-state index in [0.717, 1.165) is 38.0 Å². The molecule has 2 aliphatic heterocycles. The van der Waals surface area contributed by atoms with Crippen LogP contribution in [0.15, 0.2) is 24.3 Å². The van der Waals surface area contributed by atoms with Crippen molar-refractivity contribution >= 4 is 11.9 Å². The predicted octanol–water partition coefficient (Wildman–Crippen LogP) is 3.20. The zero-order valence-electron chi connectivity index (χ0n) is 20.2. The van der Waals surface area contributed by atoms with Crippen molar-refractivity contribution in [2.24, 2.45) is 5.41 Å². The third-order valence-electron chi connectivity index (χ3n) is 8.11. The number of rotatable bonds is 8. The number of amides is 3. The minimum atomic E-state index is -3.45. The second kappa shape index (κ2) is 9.25. The molecule has 3 amide bonds. The Balaban J connectivity index is 1.21. The number of hydrogen-bond acceptors (Lipinski definition) is 4. The van der Waals surface area contributed by atoms with Crippen molar-refractivity contribution in [2.75, 3.05) is 26.2 Å². The molecule has 1 spiro atoms. The summed E-state index contributed by atoms with van der Waals surface area (Å²) in [7, 11) is 0. The Morgan fingerprint density at radius 3 is 2.39 bits per heavy atom. The van der Waals surface area contributed by atoms with E-state index < -0.39 is 48.1 Å². The van der Waals surface area contributed by atoms with Gasteiger partial charge in [0.05, 0.1) is 6.07 Å². The molecule has 10 heteroatoms. The van der Waals surface area contributed by atoms with Crippen molar-refractivity contribution in [2.45, 2.75) is 74.9 Å². The highest BCUT2D eigenvalue weighted by atomic mass is 19.3. The number of halogens is 3. The number of hydrogen-bond donors (Lipinski definition) is 2. The van der Waals surface area contributed by atoms with E-state index in [-0.39, 0.29) is 11.0 Å². The molecule has 7 nitrogen and oxygen atoms in total. The molecule has 36 heavy (non-hydrogen) atoms. The van der Waals surface area contributed by atoms with Crippen LogP contribution in [-0.2, 0) is 11.2 Å². The van der Waals surface area contributed by atoms with Crippen LogP contribution < -0.4 is 10.6 Å². The summed E-state index contributed by atoms with van der Waals surface area (Å²) >= 11 is 0. The van der Waals surface area contributed by atoms with E-state index in [1.54, 1.807) is 4.90 Å². The molecular formula is C26H32F3N5O2. The molecule has 0 radical (unpaired) electrons. The van der Waals surface area contributed by atoms with E-state index in [1.807, 2.05) is 6.07 Å². The first-order chi connectivity index (χ1) is 17.1. The van der Waals surface area contributed by atoms with E-state index in [9.17, 15) is 28.0 Å². The average molecular weight is 504 g/mol. The molecular weight excluding hydrogens is 471 g/mol. The number of carbonyl (C=O) groups is 2. The van der Waals surface area contributed by atoms with Crippen LogP contribution in [0.1, 0.15) is 50.5 Å². The Kier molecular flexibility index (Phi) is 6.39. The lowest BCUT2D eigenvalue weighted by Crippen LogP contribution is -2.65. The highest BCUT2D eigenvalue weighted by molar-refractivity contribution is 5.88. The highest BCUT2D eigenvalue weighted by Crippen LogP contribution is 2.43. The third-order valence-corrected chi connectivity index (χ3v) is 8.11. The topological polar surface area (TPSA) is 88.5 Å². The molecule has 0 bridgehead atoms. The molecule has 194 valence electrons. The standard InChI is InChI=1S/C26H32F3N5O2/c27-20-4-2-1-3-18(20)13-26(28,29)14-21(22(35)32-25(15-30)7-8-25)31-23(36)34-16-24(17-34)9-11-33(12-10-24)19-5-6-19/h1-4,19,21H,5-14,16-17H2,(H,31,36)(H,32,35). The fourth-order valence-electron chi connectivity index (χ4n) is 5.48. The van der Waals surface area contributed by atoms with Crippen molar-refractivity contribution in [1.82, 2.24) is 20.4 Å². The molecule has 1 aromatic carbocycles. The van der Waals surface area contributed by atoms with Crippen LogP contribution in [0.4, 0.5) is 18.0 Å². The lowest BCUT2D eigenvalue weighted by molar-refractivity contribution is -0.126. The Labute approximate surface area is 209 Å². The van der Waals surface area contributed by atoms with Crippen molar-refractivity contribution in [3.05, 3.63) is 35.6 Å². The van der Waals surface area contributed by atoms with Gasteiger partial charge in [-0.25, -0.2) is 18.0 Å². The maximum atomic E-state index is 15.0. The minimum Gasteiger partial charge on any atom is -0.336 e. The summed E-state index contributed by atoms with van der Waals surface area (Å²) in [5, 5.41) is 14.3. The number of carbonyl (C=O) groups excluding carboxylic acids is 2. The largest absolute Gasteiger partial charge is 0.336 e. The van der Waals surface area contributed by atoms with Crippen molar-refractivity contribution in [3.63, 3.8) is 0 Å². The molecule has 1 atom stereocenters. The normalized spacial score (nSPS) is 23.3. The van der Waals surface area contributed by atoms with Crippen LogP contribution in [0, 0.1) is 22.6 Å². The van der Waals surface area contributed by atoms with Crippen LogP contribution >= 0.6 is 0 Å². The van der Waals surface area contributed by atoms with Crippen molar-refractivity contribution in [3.8, 4) is 6.07 Å². The van der Waals surface area contributed by atoms with Gasteiger partial charge < -0.3 is 20.4 Å².